The second kappa shape index (κ2) is 6.97. The Morgan fingerprint density at radius 3 is 2.42 bits per heavy atom. The SMILES string of the molecule is CC1(C)OC(=O)N([C@H]2CC[C@H](NC(=O)C(=N)N)CC2)[C@H]1c1ccccc1. The van der Waals surface area contributed by atoms with Crippen molar-refractivity contribution in [2.45, 2.75) is 63.3 Å². The third kappa shape index (κ3) is 3.52. The number of carbonyl (C=O) groups excluding carboxylic acids is 2. The number of amidine groups is 1. The highest BCUT2D eigenvalue weighted by molar-refractivity contribution is 6.35. The summed E-state index contributed by atoms with van der Waals surface area (Å²) in [5.41, 5.74) is 5.68. The lowest BCUT2D eigenvalue weighted by molar-refractivity contribution is -0.115. The van der Waals surface area contributed by atoms with Gasteiger partial charge in [-0.05, 0) is 45.1 Å². The van der Waals surface area contributed by atoms with E-state index in [2.05, 4.69) is 5.32 Å². The van der Waals surface area contributed by atoms with Gasteiger partial charge in [0, 0.05) is 12.1 Å². The monoisotopic (exact) mass is 358 g/mol. The number of rotatable bonds is 3. The van der Waals surface area contributed by atoms with Crippen LogP contribution in [0.1, 0.15) is 51.1 Å². The molecule has 1 atom stereocenters. The highest BCUT2D eigenvalue weighted by Crippen LogP contribution is 2.44. The number of nitrogens with zero attached hydrogens (tertiary/aromatic N) is 1. The number of carbonyl (C=O) groups is 2. The van der Waals surface area contributed by atoms with Crippen LogP contribution in [0.25, 0.3) is 0 Å². The second-order valence-electron chi connectivity index (χ2n) is 7.58. The minimum absolute atomic E-state index is 0.00976. The van der Waals surface area contributed by atoms with Crippen LogP contribution in [0.3, 0.4) is 0 Å². The molecule has 1 saturated heterocycles. The van der Waals surface area contributed by atoms with Crippen molar-refractivity contribution in [1.29, 1.82) is 5.41 Å². The van der Waals surface area contributed by atoms with Crippen molar-refractivity contribution >= 4 is 17.8 Å². The van der Waals surface area contributed by atoms with Gasteiger partial charge in [-0.2, -0.15) is 0 Å². The van der Waals surface area contributed by atoms with E-state index in [4.69, 9.17) is 15.9 Å². The summed E-state index contributed by atoms with van der Waals surface area (Å²) in [4.78, 5) is 26.1. The molecule has 26 heavy (non-hydrogen) atoms. The molecular formula is C19H26N4O3. The summed E-state index contributed by atoms with van der Waals surface area (Å²) in [5, 5.41) is 9.96. The van der Waals surface area contributed by atoms with Crippen LogP contribution in [-0.4, -0.2) is 40.4 Å². The Balaban J connectivity index is 1.73. The molecule has 0 aromatic heterocycles. The number of ether oxygens (including phenoxy) is 1. The molecule has 3 rings (SSSR count). The summed E-state index contributed by atoms with van der Waals surface area (Å²) in [6, 6.07) is 9.89. The maximum absolute atomic E-state index is 12.6. The molecule has 140 valence electrons. The quantitative estimate of drug-likeness (QED) is 0.569. The van der Waals surface area contributed by atoms with Gasteiger partial charge in [-0.15, -0.1) is 0 Å². The maximum Gasteiger partial charge on any atom is 0.411 e. The first-order valence-corrected chi connectivity index (χ1v) is 9.00. The van der Waals surface area contributed by atoms with E-state index in [1.165, 1.54) is 0 Å². The van der Waals surface area contributed by atoms with Crippen molar-refractivity contribution in [3.8, 4) is 0 Å². The number of hydrogen-bond donors (Lipinski definition) is 3. The van der Waals surface area contributed by atoms with Crippen LogP contribution >= 0.6 is 0 Å². The number of hydrogen-bond acceptors (Lipinski definition) is 4. The van der Waals surface area contributed by atoms with Gasteiger partial charge in [0.25, 0.3) is 5.91 Å². The molecule has 0 bridgehead atoms. The van der Waals surface area contributed by atoms with Crippen LogP contribution in [0.4, 0.5) is 4.79 Å². The Morgan fingerprint density at radius 2 is 1.85 bits per heavy atom. The van der Waals surface area contributed by atoms with E-state index in [0.717, 1.165) is 31.2 Å². The van der Waals surface area contributed by atoms with E-state index in [0.29, 0.717) is 0 Å². The van der Waals surface area contributed by atoms with Gasteiger partial charge in [-0.1, -0.05) is 30.3 Å². The normalized spacial score (nSPS) is 27.7. The fourth-order valence-corrected chi connectivity index (χ4v) is 4.09. The van der Waals surface area contributed by atoms with Crippen molar-refractivity contribution in [1.82, 2.24) is 10.2 Å². The van der Waals surface area contributed by atoms with Gasteiger partial charge in [-0.3, -0.25) is 15.1 Å². The summed E-state index contributed by atoms with van der Waals surface area (Å²) in [6.07, 6.45) is 2.76. The minimum Gasteiger partial charge on any atom is -0.441 e. The summed E-state index contributed by atoms with van der Waals surface area (Å²) < 4.78 is 5.68. The summed E-state index contributed by atoms with van der Waals surface area (Å²) in [7, 11) is 0. The molecule has 1 aliphatic heterocycles. The number of amides is 2. The molecule has 2 amide bonds. The topological polar surface area (TPSA) is 109 Å². The molecule has 1 aliphatic carbocycles. The van der Waals surface area contributed by atoms with E-state index < -0.39 is 17.3 Å². The lowest BCUT2D eigenvalue weighted by Gasteiger charge is -2.38. The molecule has 2 aliphatic rings. The fraction of sp³-hybridized carbons (Fsp3) is 0.526. The Kier molecular flexibility index (Phi) is 4.89. The molecule has 1 heterocycles. The first-order valence-electron chi connectivity index (χ1n) is 9.00. The second-order valence-corrected chi connectivity index (χ2v) is 7.58. The Labute approximate surface area is 153 Å². The largest absolute Gasteiger partial charge is 0.441 e. The maximum atomic E-state index is 12.6. The van der Waals surface area contributed by atoms with Gasteiger partial charge in [0.05, 0.1) is 6.04 Å². The Hall–Kier alpha value is -2.57. The van der Waals surface area contributed by atoms with E-state index in [-0.39, 0.29) is 24.2 Å². The standard InChI is InChI=1S/C19H26N4O3/c1-19(2)15(12-6-4-3-5-7-12)23(18(25)26-19)14-10-8-13(9-11-14)22-17(24)16(20)21/h3-7,13-15H,8-11H2,1-2H3,(H3,20,21)(H,22,24)/t13-,14-,15-/m0/s1. The van der Waals surface area contributed by atoms with Gasteiger partial charge in [0.15, 0.2) is 5.84 Å². The van der Waals surface area contributed by atoms with E-state index >= 15 is 0 Å². The van der Waals surface area contributed by atoms with Crippen LogP contribution < -0.4 is 11.1 Å². The summed E-state index contributed by atoms with van der Waals surface area (Å²) in [5.74, 6) is -1.00. The summed E-state index contributed by atoms with van der Waals surface area (Å²) in [6.45, 7) is 3.89. The minimum atomic E-state index is -0.599. The lowest BCUT2D eigenvalue weighted by atomic mass is 9.86. The molecule has 7 heteroatoms. The highest BCUT2D eigenvalue weighted by Gasteiger charge is 2.51. The number of nitrogens with one attached hydrogen (secondary N) is 2. The lowest BCUT2D eigenvalue weighted by Crippen LogP contribution is -2.48. The van der Waals surface area contributed by atoms with Crippen LogP contribution in [-0.2, 0) is 9.53 Å². The van der Waals surface area contributed by atoms with E-state index in [1.54, 1.807) is 0 Å². The average Bonchev–Trinajstić information content (AvgIpc) is 2.84. The number of benzene rings is 1. The van der Waals surface area contributed by atoms with Crippen LogP contribution in [0, 0.1) is 5.41 Å². The average molecular weight is 358 g/mol. The van der Waals surface area contributed by atoms with Gasteiger partial charge < -0.3 is 15.8 Å². The highest BCUT2D eigenvalue weighted by atomic mass is 16.6. The zero-order valence-electron chi connectivity index (χ0n) is 15.2. The predicted octanol–water partition coefficient (Wildman–Crippen LogP) is 2.32. The molecule has 7 nitrogen and oxygen atoms in total. The molecule has 0 spiro atoms. The molecule has 1 aromatic carbocycles. The molecule has 0 radical (unpaired) electrons. The molecule has 0 unspecified atom stereocenters. The predicted molar refractivity (Wildman–Crippen MR) is 97.7 cm³/mol. The Morgan fingerprint density at radius 1 is 1.23 bits per heavy atom. The summed E-state index contributed by atoms with van der Waals surface area (Å²) >= 11 is 0. The van der Waals surface area contributed by atoms with Crippen LogP contribution in [0.2, 0.25) is 0 Å². The number of cyclic esters (lactones) is 1. The molecule has 4 N–H and O–H groups in total. The van der Waals surface area contributed by atoms with Gasteiger partial charge >= 0.3 is 6.09 Å². The van der Waals surface area contributed by atoms with Crippen molar-refractivity contribution in [2.24, 2.45) is 5.73 Å². The smallest absolute Gasteiger partial charge is 0.411 e. The van der Waals surface area contributed by atoms with Gasteiger partial charge in [0.2, 0.25) is 0 Å². The zero-order chi connectivity index (χ0) is 18.9. The molecule has 1 saturated carbocycles. The number of nitrogens with two attached hydrogens (primary N) is 1. The third-order valence-electron chi connectivity index (χ3n) is 5.28. The molecule has 2 fully saturated rings. The van der Waals surface area contributed by atoms with Crippen molar-refractivity contribution in [3.63, 3.8) is 0 Å². The van der Waals surface area contributed by atoms with Crippen molar-refractivity contribution in [2.75, 3.05) is 0 Å². The first kappa shape index (κ1) is 18.2. The van der Waals surface area contributed by atoms with E-state index in [9.17, 15) is 9.59 Å². The van der Waals surface area contributed by atoms with Crippen LogP contribution in [0.15, 0.2) is 30.3 Å². The zero-order valence-corrected chi connectivity index (χ0v) is 15.2. The fourth-order valence-electron chi connectivity index (χ4n) is 4.09. The van der Waals surface area contributed by atoms with Crippen LogP contribution in [0.5, 0.6) is 0 Å². The van der Waals surface area contributed by atoms with Crippen molar-refractivity contribution < 1.29 is 14.3 Å². The van der Waals surface area contributed by atoms with Gasteiger partial charge in [0.1, 0.15) is 5.60 Å². The molecular weight excluding hydrogens is 332 g/mol. The van der Waals surface area contributed by atoms with Crippen molar-refractivity contribution in [3.05, 3.63) is 35.9 Å². The van der Waals surface area contributed by atoms with Gasteiger partial charge in [-0.25, -0.2) is 4.79 Å². The molecule has 1 aromatic rings. The Bertz CT molecular complexity index is 696. The third-order valence-corrected chi connectivity index (χ3v) is 5.28. The first-order chi connectivity index (χ1) is 12.3. The van der Waals surface area contributed by atoms with E-state index in [1.807, 2.05) is 49.1 Å².